The van der Waals surface area contributed by atoms with Crippen LogP contribution in [0.5, 0.6) is 0 Å². The van der Waals surface area contributed by atoms with Gasteiger partial charge in [-0.05, 0) is 29.8 Å². The second kappa shape index (κ2) is 5.18. The fourth-order valence-corrected chi connectivity index (χ4v) is 2.38. The molecule has 0 atom stereocenters. The van der Waals surface area contributed by atoms with Gasteiger partial charge in [0.25, 0.3) is 0 Å². The molecule has 1 N–H and O–H groups in total. The number of nitrogens with zero attached hydrogens (tertiary/aromatic N) is 2. The third-order valence-corrected chi connectivity index (χ3v) is 3.34. The average Bonchev–Trinajstić information content (AvgIpc) is 2.78. The smallest absolute Gasteiger partial charge is 0.338 e. The summed E-state index contributed by atoms with van der Waals surface area (Å²) < 4.78 is 15.3. The molecular weight excluding hydrogens is 295 g/mol. The van der Waals surface area contributed by atoms with Crippen molar-refractivity contribution in [2.24, 2.45) is 0 Å². The molecule has 0 amide bonds. The summed E-state index contributed by atoms with van der Waals surface area (Å²) in [5.41, 5.74) is 1.01. The van der Waals surface area contributed by atoms with Gasteiger partial charge < -0.3 is 5.11 Å². The van der Waals surface area contributed by atoms with Crippen LogP contribution in [0, 0.1) is 5.82 Å². The highest BCUT2D eigenvalue weighted by Crippen LogP contribution is 2.19. The summed E-state index contributed by atoms with van der Waals surface area (Å²) >= 11 is 5.92. The number of aromatic carboxylic acids is 1. The van der Waals surface area contributed by atoms with E-state index in [1.807, 2.05) is 18.2 Å². The highest BCUT2D eigenvalue weighted by Gasteiger charge is 2.13. The van der Waals surface area contributed by atoms with E-state index in [4.69, 9.17) is 16.7 Å². The lowest BCUT2D eigenvalue weighted by atomic mass is 10.1. The van der Waals surface area contributed by atoms with Crippen molar-refractivity contribution >= 4 is 28.5 Å². The molecule has 21 heavy (non-hydrogen) atoms. The van der Waals surface area contributed by atoms with Gasteiger partial charge in [-0.3, -0.25) is 4.68 Å². The first-order valence-electron chi connectivity index (χ1n) is 6.17. The van der Waals surface area contributed by atoms with Gasteiger partial charge in [0, 0.05) is 16.6 Å². The molecule has 1 heterocycles. The number of halogens is 2. The zero-order chi connectivity index (χ0) is 15.0. The van der Waals surface area contributed by atoms with Crippen molar-refractivity contribution in [3.05, 3.63) is 64.6 Å². The van der Waals surface area contributed by atoms with E-state index in [2.05, 4.69) is 5.10 Å². The van der Waals surface area contributed by atoms with E-state index in [0.717, 1.165) is 5.56 Å². The van der Waals surface area contributed by atoms with Gasteiger partial charge in [0.2, 0.25) is 0 Å². The first kappa shape index (κ1) is 13.6. The number of fused-ring (bicyclic) bond motifs is 1. The minimum atomic E-state index is -1.31. The van der Waals surface area contributed by atoms with Crippen LogP contribution in [-0.2, 0) is 6.54 Å². The number of hydrogen-bond acceptors (Lipinski definition) is 2. The number of carboxylic acid groups (broad SMARTS) is 1. The summed E-state index contributed by atoms with van der Waals surface area (Å²) in [6.45, 7) is 0.471. The molecule has 106 valence electrons. The van der Waals surface area contributed by atoms with Crippen LogP contribution >= 0.6 is 11.6 Å². The summed E-state index contributed by atoms with van der Waals surface area (Å²) in [5, 5.41) is 14.4. The second-order valence-corrected chi connectivity index (χ2v) is 5.09. The summed E-state index contributed by atoms with van der Waals surface area (Å²) in [4.78, 5) is 10.9. The maximum absolute atomic E-state index is 13.6. The minimum absolute atomic E-state index is 0.379. The maximum Gasteiger partial charge on any atom is 0.338 e. The Morgan fingerprint density at radius 3 is 2.86 bits per heavy atom. The number of hydrogen-bond donors (Lipinski definition) is 1. The lowest BCUT2D eigenvalue weighted by Crippen LogP contribution is -2.00. The van der Waals surface area contributed by atoms with Crippen molar-refractivity contribution in [1.82, 2.24) is 9.78 Å². The molecule has 0 saturated heterocycles. The Morgan fingerprint density at radius 1 is 1.33 bits per heavy atom. The lowest BCUT2D eigenvalue weighted by Gasteiger charge is -2.01. The highest BCUT2D eigenvalue weighted by atomic mass is 35.5. The Bertz CT molecular complexity index is 845. The predicted octanol–water partition coefficient (Wildman–Crippen LogP) is 3.58. The van der Waals surface area contributed by atoms with E-state index in [1.54, 1.807) is 16.9 Å². The first-order chi connectivity index (χ1) is 10.0. The predicted molar refractivity (Wildman–Crippen MR) is 77.2 cm³/mol. The second-order valence-electron chi connectivity index (χ2n) is 4.65. The number of benzene rings is 2. The normalized spacial score (nSPS) is 11.0. The van der Waals surface area contributed by atoms with E-state index >= 15 is 0 Å². The number of carbonyl (C=O) groups is 1. The molecule has 0 saturated carbocycles. The van der Waals surface area contributed by atoms with Crippen LogP contribution in [-0.4, -0.2) is 20.9 Å². The Hall–Kier alpha value is -2.40. The molecular formula is C15H10ClFN2O2. The van der Waals surface area contributed by atoms with Crippen molar-refractivity contribution in [1.29, 1.82) is 0 Å². The number of carboxylic acids is 1. The Kier molecular flexibility index (Phi) is 3.35. The van der Waals surface area contributed by atoms with Gasteiger partial charge in [0.05, 0.1) is 17.6 Å². The molecule has 2 aromatic carbocycles. The van der Waals surface area contributed by atoms with Crippen LogP contribution < -0.4 is 0 Å². The molecule has 4 nitrogen and oxygen atoms in total. The van der Waals surface area contributed by atoms with Crippen molar-refractivity contribution in [2.75, 3.05) is 0 Å². The fraction of sp³-hybridized carbons (Fsp3) is 0.0667. The molecule has 0 aliphatic carbocycles. The monoisotopic (exact) mass is 304 g/mol. The van der Waals surface area contributed by atoms with Gasteiger partial charge >= 0.3 is 5.97 Å². The van der Waals surface area contributed by atoms with Crippen molar-refractivity contribution in [3.8, 4) is 0 Å². The molecule has 6 heteroatoms. The van der Waals surface area contributed by atoms with Gasteiger partial charge in [-0.15, -0.1) is 0 Å². The molecule has 0 fully saturated rings. The molecule has 0 radical (unpaired) electrons. The molecule has 0 aliphatic heterocycles. The highest BCUT2D eigenvalue weighted by molar-refractivity contribution is 6.30. The Labute approximate surface area is 124 Å². The van der Waals surface area contributed by atoms with Gasteiger partial charge in [-0.25, -0.2) is 9.18 Å². The lowest BCUT2D eigenvalue weighted by molar-refractivity contribution is 0.0692. The first-order valence-corrected chi connectivity index (χ1v) is 6.55. The molecule has 3 aromatic rings. The Morgan fingerprint density at radius 2 is 2.14 bits per heavy atom. The molecule has 1 aromatic heterocycles. The standard InChI is InChI=1S/C15H10ClFN2O2/c16-11-3-1-2-9(4-11)7-19-8-10-5-13(17)12(15(20)21)6-14(10)18-19/h1-6,8H,7H2,(H,20,21). The zero-order valence-corrected chi connectivity index (χ0v) is 11.5. The minimum Gasteiger partial charge on any atom is -0.478 e. The molecule has 0 unspecified atom stereocenters. The van der Waals surface area contributed by atoms with E-state index in [-0.39, 0.29) is 5.56 Å². The van der Waals surface area contributed by atoms with Gasteiger partial charge in [-0.1, -0.05) is 23.7 Å². The average molecular weight is 305 g/mol. The zero-order valence-electron chi connectivity index (χ0n) is 10.8. The molecule has 0 spiro atoms. The summed E-state index contributed by atoms with van der Waals surface area (Å²) in [6, 6.07) is 9.75. The third-order valence-electron chi connectivity index (χ3n) is 3.10. The van der Waals surface area contributed by atoms with Crippen LogP contribution in [0.15, 0.2) is 42.6 Å². The Balaban J connectivity index is 1.99. The van der Waals surface area contributed by atoms with Crippen LogP contribution in [0.3, 0.4) is 0 Å². The molecule has 0 bridgehead atoms. The van der Waals surface area contributed by atoms with Gasteiger partial charge in [0.15, 0.2) is 0 Å². The van der Waals surface area contributed by atoms with Crippen molar-refractivity contribution < 1.29 is 14.3 Å². The van der Waals surface area contributed by atoms with E-state index in [0.29, 0.717) is 22.5 Å². The molecule has 3 rings (SSSR count). The SMILES string of the molecule is O=C(O)c1cc2nn(Cc3cccc(Cl)c3)cc2cc1F. The summed E-state index contributed by atoms with van der Waals surface area (Å²) in [7, 11) is 0. The largest absolute Gasteiger partial charge is 0.478 e. The van der Waals surface area contributed by atoms with Crippen LogP contribution in [0.1, 0.15) is 15.9 Å². The fourth-order valence-electron chi connectivity index (χ4n) is 2.16. The van der Waals surface area contributed by atoms with Crippen molar-refractivity contribution in [2.45, 2.75) is 6.54 Å². The number of aromatic nitrogens is 2. The quantitative estimate of drug-likeness (QED) is 0.804. The third kappa shape index (κ3) is 2.73. The summed E-state index contributed by atoms with van der Waals surface area (Å²) in [5.74, 6) is -2.07. The summed E-state index contributed by atoms with van der Waals surface area (Å²) in [6.07, 6.45) is 1.67. The van der Waals surface area contributed by atoms with Gasteiger partial charge in [0.1, 0.15) is 5.82 Å². The van der Waals surface area contributed by atoms with Crippen LogP contribution in [0.4, 0.5) is 4.39 Å². The van der Waals surface area contributed by atoms with Crippen LogP contribution in [0.25, 0.3) is 10.9 Å². The molecule has 0 aliphatic rings. The van der Waals surface area contributed by atoms with E-state index in [1.165, 1.54) is 12.1 Å². The van der Waals surface area contributed by atoms with E-state index < -0.39 is 11.8 Å². The van der Waals surface area contributed by atoms with Crippen molar-refractivity contribution in [3.63, 3.8) is 0 Å². The number of rotatable bonds is 3. The topological polar surface area (TPSA) is 55.1 Å². The van der Waals surface area contributed by atoms with E-state index in [9.17, 15) is 9.18 Å². The maximum atomic E-state index is 13.6. The van der Waals surface area contributed by atoms with Crippen LogP contribution in [0.2, 0.25) is 5.02 Å². The van der Waals surface area contributed by atoms with Gasteiger partial charge in [-0.2, -0.15) is 5.10 Å².